The molecule has 0 fully saturated rings. The number of hydrogen-bond donors (Lipinski definition) is 6. The van der Waals surface area contributed by atoms with E-state index in [1.54, 1.807) is 26.0 Å². The second kappa shape index (κ2) is 13.0. The minimum absolute atomic E-state index is 0.0874. The molecule has 0 saturated heterocycles. The van der Waals surface area contributed by atoms with E-state index in [9.17, 15) is 49.0 Å². The third kappa shape index (κ3) is 5.58. The van der Waals surface area contributed by atoms with Gasteiger partial charge in [-0.15, -0.1) is 0 Å². The molecule has 6 N–H and O–H groups in total. The molecule has 0 bridgehead atoms. The van der Waals surface area contributed by atoms with Crippen molar-refractivity contribution in [2.75, 3.05) is 0 Å². The van der Waals surface area contributed by atoms with Crippen LogP contribution >= 0.6 is 0 Å². The van der Waals surface area contributed by atoms with Gasteiger partial charge < -0.3 is 40.2 Å². The topological polar surface area (TPSA) is 156 Å². The predicted octanol–water partition coefficient (Wildman–Crippen LogP) is 8.23. The van der Waals surface area contributed by atoms with E-state index in [2.05, 4.69) is 0 Å². The van der Waals surface area contributed by atoms with Gasteiger partial charge in [-0.05, 0) is 83.3 Å². The first kappa shape index (κ1) is 33.7. The zero-order valence-electron chi connectivity index (χ0n) is 26.9. The van der Waals surface area contributed by atoms with Crippen LogP contribution in [0.3, 0.4) is 0 Å². The number of phenols is 6. The van der Waals surface area contributed by atoms with Crippen molar-refractivity contribution in [1.82, 2.24) is 0 Å². The molecule has 0 spiro atoms. The van der Waals surface area contributed by atoms with Crippen LogP contribution in [-0.2, 0) is 9.59 Å². The monoisotopic (exact) mass is 678 g/mol. The van der Waals surface area contributed by atoms with Crippen LogP contribution in [0, 0.1) is 25.5 Å². The molecule has 2 atom stereocenters. The SMILES string of the molecule is Cc1cc2c(C(CC=O)c3ccc(F)cc3)c(O)c(O)cc2c(O)c1-c1c(C)cc2c(C(CC=O)c3ccc(F)cc3)c(O)c(O)cc2c1O. The molecule has 0 aliphatic rings. The van der Waals surface area contributed by atoms with Gasteiger partial charge in [-0.3, -0.25) is 0 Å². The van der Waals surface area contributed by atoms with Gasteiger partial charge in [0.25, 0.3) is 0 Å². The Bertz CT molecular complexity index is 2150. The second-order valence-corrected chi connectivity index (χ2v) is 12.4. The van der Waals surface area contributed by atoms with E-state index in [0.29, 0.717) is 45.6 Å². The van der Waals surface area contributed by atoms with Crippen LogP contribution < -0.4 is 0 Å². The van der Waals surface area contributed by atoms with Crippen molar-refractivity contribution in [1.29, 1.82) is 0 Å². The first-order valence-electron chi connectivity index (χ1n) is 15.7. The number of aryl methyl sites for hydroxylation is 2. The third-order valence-electron chi connectivity index (χ3n) is 9.37. The van der Waals surface area contributed by atoms with Gasteiger partial charge >= 0.3 is 0 Å². The highest BCUT2D eigenvalue weighted by Crippen LogP contribution is 2.53. The van der Waals surface area contributed by atoms with Crippen molar-refractivity contribution < 1.29 is 49.0 Å². The highest BCUT2D eigenvalue weighted by molar-refractivity contribution is 6.06. The number of rotatable bonds is 9. The Labute approximate surface area is 284 Å². The third-order valence-corrected chi connectivity index (χ3v) is 9.37. The van der Waals surface area contributed by atoms with Gasteiger partial charge in [0.05, 0.1) is 0 Å². The fourth-order valence-electron chi connectivity index (χ4n) is 7.07. The first-order valence-corrected chi connectivity index (χ1v) is 15.7. The summed E-state index contributed by atoms with van der Waals surface area (Å²) in [5.74, 6) is -5.58. The van der Waals surface area contributed by atoms with Crippen LogP contribution in [0.15, 0.2) is 72.8 Å². The average molecular weight is 679 g/mol. The van der Waals surface area contributed by atoms with Crippen LogP contribution in [0.1, 0.15) is 58.1 Å². The maximum atomic E-state index is 13.8. The number of hydrogen-bond acceptors (Lipinski definition) is 8. The summed E-state index contributed by atoms with van der Waals surface area (Å²) in [6.45, 7) is 3.32. The quantitative estimate of drug-likeness (QED) is 0.0660. The van der Waals surface area contributed by atoms with Crippen molar-refractivity contribution in [3.63, 3.8) is 0 Å². The minimum atomic E-state index is -0.822. The number of aldehydes is 2. The number of aromatic hydroxyl groups is 6. The molecule has 0 aromatic heterocycles. The Morgan fingerprint density at radius 2 is 0.860 bits per heavy atom. The van der Waals surface area contributed by atoms with E-state index in [4.69, 9.17) is 0 Å². The lowest BCUT2D eigenvalue weighted by atomic mass is 9.81. The first-order chi connectivity index (χ1) is 23.9. The van der Waals surface area contributed by atoms with Crippen LogP contribution in [0.2, 0.25) is 0 Å². The Morgan fingerprint density at radius 1 is 0.520 bits per heavy atom. The summed E-state index contributed by atoms with van der Waals surface area (Å²) in [5.41, 5.74) is 2.42. The van der Waals surface area contributed by atoms with Gasteiger partial charge in [0.15, 0.2) is 23.0 Å². The molecule has 254 valence electrons. The van der Waals surface area contributed by atoms with Crippen molar-refractivity contribution >= 4 is 34.1 Å². The van der Waals surface area contributed by atoms with E-state index in [0.717, 1.165) is 12.1 Å². The molecule has 8 nitrogen and oxygen atoms in total. The van der Waals surface area contributed by atoms with Gasteiger partial charge in [-0.25, -0.2) is 8.78 Å². The van der Waals surface area contributed by atoms with Crippen molar-refractivity contribution in [3.05, 3.63) is 118 Å². The predicted molar refractivity (Wildman–Crippen MR) is 184 cm³/mol. The second-order valence-electron chi connectivity index (χ2n) is 12.4. The Kier molecular flexibility index (Phi) is 8.80. The highest BCUT2D eigenvalue weighted by atomic mass is 19.1. The zero-order chi connectivity index (χ0) is 36.0. The molecule has 0 aliphatic carbocycles. The van der Waals surface area contributed by atoms with Crippen molar-refractivity contribution in [2.45, 2.75) is 38.5 Å². The van der Waals surface area contributed by atoms with Gasteiger partial charge in [0, 0.05) is 57.7 Å². The van der Waals surface area contributed by atoms with Crippen LogP contribution in [0.4, 0.5) is 8.78 Å². The van der Waals surface area contributed by atoms with E-state index >= 15 is 0 Å². The molecule has 6 aromatic rings. The molecule has 0 amide bonds. The molecule has 2 unspecified atom stereocenters. The smallest absolute Gasteiger partial charge is 0.161 e. The average Bonchev–Trinajstić information content (AvgIpc) is 3.08. The number of fused-ring (bicyclic) bond motifs is 2. The van der Waals surface area contributed by atoms with E-state index in [1.165, 1.54) is 48.5 Å². The van der Waals surface area contributed by atoms with Gasteiger partial charge in [0.1, 0.15) is 35.7 Å². The maximum absolute atomic E-state index is 13.8. The summed E-state index contributed by atoms with van der Waals surface area (Å²) in [5, 5.41) is 68.4. The highest BCUT2D eigenvalue weighted by Gasteiger charge is 2.29. The molecule has 0 aliphatic heterocycles. The summed E-state index contributed by atoms with van der Waals surface area (Å²) < 4.78 is 27.5. The number of carbonyl (C=O) groups is 2. The maximum Gasteiger partial charge on any atom is 0.161 e. The van der Waals surface area contributed by atoms with Crippen molar-refractivity contribution in [3.8, 4) is 45.6 Å². The number of benzene rings is 6. The lowest BCUT2D eigenvalue weighted by Gasteiger charge is -2.24. The molecular weight excluding hydrogens is 646 g/mol. The van der Waals surface area contributed by atoms with Gasteiger partial charge in [-0.1, -0.05) is 36.4 Å². The zero-order valence-corrected chi connectivity index (χ0v) is 26.9. The fraction of sp³-hybridized carbons (Fsp3) is 0.150. The van der Waals surface area contributed by atoms with Crippen LogP contribution in [0.5, 0.6) is 34.5 Å². The lowest BCUT2D eigenvalue weighted by molar-refractivity contribution is -0.108. The summed E-state index contributed by atoms with van der Waals surface area (Å²) in [4.78, 5) is 23.6. The summed E-state index contributed by atoms with van der Waals surface area (Å²) in [6, 6.07) is 16.3. The molecule has 50 heavy (non-hydrogen) atoms. The van der Waals surface area contributed by atoms with E-state index < -0.39 is 46.5 Å². The molecular formula is C40H32F2O8. The van der Waals surface area contributed by atoms with Crippen molar-refractivity contribution in [2.24, 2.45) is 0 Å². The molecule has 6 rings (SSSR count). The van der Waals surface area contributed by atoms with Gasteiger partial charge in [0.2, 0.25) is 0 Å². The standard InChI is InChI=1S/C40H32F2O8/c1-19-15-27-29(17-31(45)39(49)35(27)25(11-13-43)21-3-7-23(41)8-4-21)37(47)33(19)34-20(2)16-28-30(38(34)48)18-32(46)40(50)36(28)26(12-14-44)22-5-9-24(42)10-6-22/h3-10,13-18,25-26,45-50H,11-12H2,1-2H3. The largest absolute Gasteiger partial charge is 0.507 e. The lowest BCUT2D eigenvalue weighted by Crippen LogP contribution is -2.05. The molecule has 6 aromatic carbocycles. The summed E-state index contributed by atoms with van der Waals surface area (Å²) >= 11 is 0. The number of halogens is 2. The summed E-state index contributed by atoms with van der Waals surface area (Å²) in [6.07, 6.45) is 1.01. The Hall–Kier alpha value is -6.16. The Balaban J connectivity index is 1.62. The fourth-order valence-corrected chi connectivity index (χ4v) is 7.07. The molecule has 0 saturated carbocycles. The molecule has 0 radical (unpaired) electrons. The number of carbonyl (C=O) groups excluding carboxylic acids is 2. The van der Waals surface area contributed by atoms with E-state index in [-0.39, 0.29) is 57.4 Å². The van der Waals surface area contributed by atoms with Crippen LogP contribution in [-0.4, -0.2) is 43.2 Å². The number of phenolic OH excluding ortho intramolecular Hbond substituents is 6. The molecule has 0 heterocycles. The minimum Gasteiger partial charge on any atom is -0.507 e. The molecule has 10 heteroatoms. The Morgan fingerprint density at radius 3 is 1.18 bits per heavy atom. The van der Waals surface area contributed by atoms with E-state index in [1.807, 2.05) is 0 Å². The van der Waals surface area contributed by atoms with Crippen LogP contribution in [0.25, 0.3) is 32.7 Å². The summed E-state index contributed by atoms with van der Waals surface area (Å²) in [7, 11) is 0. The van der Waals surface area contributed by atoms with Gasteiger partial charge in [-0.2, -0.15) is 0 Å². The normalized spacial score (nSPS) is 12.6.